The lowest BCUT2D eigenvalue weighted by molar-refractivity contribution is 0.0736. The highest BCUT2D eigenvalue weighted by atomic mass is 16.5. The fourth-order valence-electron chi connectivity index (χ4n) is 2.12. The van der Waals surface area contributed by atoms with Gasteiger partial charge in [0.1, 0.15) is 0 Å². The summed E-state index contributed by atoms with van der Waals surface area (Å²) in [5.74, 6) is 0.965. The van der Waals surface area contributed by atoms with Crippen molar-refractivity contribution in [2.24, 2.45) is 0 Å². The number of ether oxygens (including phenoxy) is 2. The van der Waals surface area contributed by atoms with Crippen molar-refractivity contribution in [1.29, 1.82) is 0 Å². The van der Waals surface area contributed by atoms with E-state index in [0.29, 0.717) is 35.8 Å². The molecule has 1 amide bonds. The predicted molar refractivity (Wildman–Crippen MR) is 72.7 cm³/mol. The average molecular weight is 265 g/mol. The molecule has 1 saturated heterocycles. The van der Waals surface area contributed by atoms with Gasteiger partial charge in [0.2, 0.25) is 0 Å². The maximum absolute atomic E-state index is 12.4. The average Bonchev–Trinajstić information content (AvgIpc) is 2.47. The Kier molecular flexibility index (Phi) is 4.11. The van der Waals surface area contributed by atoms with Gasteiger partial charge in [-0.2, -0.15) is 0 Å². The van der Waals surface area contributed by atoms with Gasteiger partial charge in [-0.3, -0.25) is 4.79 Å². The molecule has 0 aliphatic carbocycles. The van der Waals surface area contributed by atoms with E-state index >= 15 is 0 Å². The van der Waals surface area contributed by atoms with E-state index < -0.39 is 0 Å². The summed E-state index contributed by atoms with van der Waals surface area (Å²) in [4.78, 5) is 14.2. The number of anilines is 1. The van der Waals surface area contributed by atoms with Crippen LogP contribution in [0.4, 0.5) is 5.69 Å². The van der Waals surface area contributed by atoms with Crippen molar-refractivity contribution in [2.45, 2.75) is 0 Å². The van der Waals surface area contributed by atoms with Crippen LogP contribution < -0.4 is 20.5 Å². The van der Waals surface area contributed by atoms with Crippen LogP contribution in [0.3, 0.4) is 0 Å². The first-order chi connectivity index (χ1) is 9.17. The predicted octanol–water partition coefficient (Wildman–Crippen LogP) is 0.331. The van der Waals surface area contributed by atoms with Crippen LogP contribution in [0, 0.1) is 0 Å². The highest BCUT2D eigenvalue weighted by Gasteiger charge is 2.22. The molecule has 1 aliphatic heterocycles. The number of carbonyl (C=O) groups excluding carboxylic acids is 1. The summed E-state index contributed by atoms with van der Waals surface area (Å²) in [6.07, 6.45) is 0. The van der Waals surface area contributed by atoms with Crippen molar-refractivity contribution in [1.82, 2.24) is 10.2 Å². The van der Waals surface area contributed by atoms with Crippen molar-refractivity contribution in [3.05, 3.63) is 17.7 Å². The molecule has 3 N–H and O–H groups in total. The highest BCUT2D eigenvalue weighted by Crippen LogP contribution is 2.32. The topological polar surface area (TPSA) is 76.8 Å². The summed E-state index contributed by atoms with van der Waals surface area (Å²) < 4.78 is 10.4. The Morgan fingerprint density at radius 2 is 1.79 bits per heavy atom. The van der Waals surface area contributed by atoms with Crippen LogP contribution in [0.25, 0.3) is 0 Å². The number of benzene rings is 1. The summed E-state index contributed by atoms with van der Waals surface area (Å²) in [5, 5.41) is 3.21. The zero-order valence-corrected chi connectivity index (χ0v) is 11.2. The van der Waals surface area contributed by atoms with E-state index in [1.807, 2.05) is 0 Å². The molecular weight excluding hydrogens is 246 g/mol. The van der Waals surface area contributed by atoms with Crippen LogP contribution in [0.15, 0.2) is 12.1 Å². The molecule has 6 heteroatoms. The summed E-state index contributed by atoms with van der Waals surface area (Å²) in [7, 11) is 3.07. The summed E-state index contributed by atoms with van der Waals surface area (Å²) in [6, 6.07) is 3.26. The Hall–Kier alpha value is -1.95. The molecule has 1 aromatic rings. The van der Waals surface area contributed by atoms with Crippen LogP contribution in [-0.4, -0.2) is 51.2 Å². The Bertz CT molecular complexity index is 470. The SMILES string of the molecule is COc1cc(N)c(C(=O)N2CCNCC2)cc1OC. The van der Waals surface area contributed by atoms with Crippen molar-refractivity contribution in [3.8, 4) is 11.5 Å². The number of rotatable bonds is 3. The van der Waals surface area contributed by atoms with Gasteiger partial charge in [0.05, 0.1) is 19.8 Å². The van der Waals surface area contributed by atoms with Crippen molar-refractivity contribution in [2.75, 3.05) is 46.1 Å². The molecule has 0 saturated carbocycles. The van der Waals surface area contributed by atoms with E-state index in [1.165, 1.54) is 14.2 Å². The number of carbonyl (C=O) groups is 1. The maximum Gasteiger partial charge on any atom is 0.256 e. The molecule has 1 heterocycles. The van der Waals surface area contributed by atoms with Gasteiger partial charge in [-0.15, -0.1) is 0 Å². The van der Waals surface area contributed by atoms with Crippen molar-refractivity contribution < 1.29 is 14.3 Å². The van der Waals surface area contributed by atoms with E-state index in [4.69, 9.17) is 15.2 Å². The van der Waals surface area contributed by atoms with Gasteiger partial charge in [-0.25, -0.2) is 0 Å². The minimum Gasteiger partial charge on any atom is -0.493 e. The van der Waals surface area contributed by atoms with Gasteiger partial charge in [-0.1, -0.05) is 0 Å². The highest BCUT2D eigenvalue weighted by molar-refractivity contribution is 6.00. The van der Waals surface area contributed by atoms with Crippen LogP contribution in [0.2, 0.25) is 0 Å². The second kappa shape index (κ2) is 5.79. The Morgan fingerprint density at radius 1 is 1.21 bits per heavy atom. The second-order valence-corrected chi connectivity index (χ2v) is 4.34. The van der Waals surface area contributed by atoms with Gasteiger partial charge < -0.3 is 25.4 Å². The molecule has 0 unspecified atom stereocenters. The Morgan fingerprint density at radius 3 is 2.37 bits per heavy atom. The second-order valence-electron chi connectivity index (χ2n) is 4.34. The largest absolute Gasteiger partial charge is 0.493 e. The fourth-order valence-corrected chi connectivity index (χ4v) is 2.12. The van der Waals surface area contributed by atoms with E-state index in [9.17, 15) is 4.79 Å². The molecule has 0 atom stereocenters. The zero-order valence-electron chi connectivity index (χ0n) is 11.2. The third-order valence-electron chi connectivity index (χ3n) is 3.19. The molecular formula is C13H19N3O3. The lowest BCUT2D eigenvalue weighted by atomic mass is 10.1. The number of nitrogen functional groups attached to an aromatic ring is 1. The Balaban J connectivity index is 2.30. The van der Waals surface area contributed by atoms with Crippen LogP contribution in [-0.2, 0) is 0 Å². The van der Waals surface area contributed by atoms with E-state index in [2.05, 4.69) is 5.32 Å². The lowest BCUT2D eigenvalue weighted by Gasteiger charge is -2.28. The van der Waals surface area contributed by atoms with Gasteiger partial charge in [-0.05, 0) is 6.07 Å². The number of methoxy groups -OCH3 is 2. The third kappa shape index (κ3) is 2.73. The molecule has 2 rings (SSSR count). The first-order valence-corrected chi connectivity index (χ1v) is 6.19. The van der Waals surface area contributed by atoms with Crippen LogP contribution in [0.1, 0.15) is 10.4 Å². The zero-order chi connectivity index (χ0) is 13.8. The van der Waals surface area contributed by atoms with Gasteiger partial charge >= 0.3 is 0 Å². The van der Waals surface area contributed by atoms with Gasteiger partial charge in [0.25, 0.3) is 5.91 Å². The number of nitrogens with two attached hydrogens (primary N) is 1. The number of piperazine rings is 1. The minimum atomic E-state index is -0.0695. The van der Waals surface area contributed by atoms with E-state index in [-0.39, 0.29) is 5.91 Å². The van der Waals surface area contributed by atoms with Gasteiger partial charge in [0, 0.05) is 37.9 Å². The molecule has 0 spiro atoms. The van der Waals surface area contributed by atoms with Crippen molar-refractivity contribution in [3.63, 3.8) is 0 Å². The number of nitrogens with one attached hydrogen (secondary N) is 1. The molecule has 19 heavy (non-hydrogen) atoms. The summed E-state index contributed by atoms with van der Waals surface area (Å²) in [5.41, 5.74) is 6.79. The molecule has 1 aliphatic rings. The third-order valence-corrected chi connectivity index (χ3v) is 3.19. The monoisotopic (exact) mass is 265 g/mol. The summed E-state index contributed by atoms with van der Waals surface area (Å²) in [6.45, 7) is 2.98. The smallest absolute Gasteiger partial charge is 0.256 e. The molecule has 1 fully saturated rings. The molecule has 6 nitrogen and oxygen atoms in total. The van der Waals surface area contributed by atoms with E-state index in [1.54, 1.807) is 17.0 Å². The number of nitrogens with zero attached hydrogens (tertiary/aromatic N) is 1. The quantitative estimate of drug-likeness (QED) is 0.770. The minimum absolute atomic E-state index is 0.0695. The first-order valence-electron chi connectivity index (χ1n) is 6.19. The number of hydrogen-bond acceptors (Lipinski definition) is 5. The standard InChI is InChI=1S/C13H19N3O3/c1-18-11-7-9(10(14)8-12(11)19-2)13(17)16-5-3-15-4-6-16/h7-8,15H,3-6,14H2,1-2H3. The molecule has 0 aromatic heterocycles. The molecule has 1 aromatic carbocycles. The number of hydrogen-bond donors (Lipinski definition) is 2. The molecule has 0 bridgehead atoms. The first kappa shape index (κ1) is 13.5. The number of amides is 1. The summed E-state index contributed by atoms with van der Waals surface area (Å²) >= 11 is 0. The van der Waals surface area contributed by atoms with Crippen molar-refractivity contribution >= 4 is 11.6 Å². The van der Waals surface area contributed by atoms with Crippen LogP contribution >= 0.6 is 0 Å². The van der Waals surface area contributed by atoms with Crippen LogP contribution in [0.5, 0.6) is 11.5 Å². The Labute approximate surface area is 112 Å². The maximum atomic E-state index is 12.4. The van der Waals surface area contributed by atoms with Gasteiger partial charge in [0.15, 0.2) is 11.5 Å². The molecule has 104 valence electrons. The fraction of sp³-hybridized carbons (Fsp3) is 0.462. The van der Waals surface area contributed by atoms with E-state index in [0.717, 1.165) is 13.1 Å². The molecule has 0 radical (unpaired) electrons. The normalized spacial score (nSPS) is 15.2. The lowest BCUT2D eigenvalue weighted by Crippen LogP contribution is -2.46.